The third-order valence-corrected chi connectivity index (χ3v) is 8.51. The van der Waals surface area contributed by atoms with Crippen molar-refractivity contribution in [2.24, 2.45) is 5.92 Å². The highest BCUT2D eigenvalue weighted by atomic mass is 32.2. The summed E-state index contributed by atoms with van der Waals surface area (Å²) in [6, 6.07) is 11.8. The van der Waals surface area contributed by atoms with Gasteiger partial charge in [0.25, 0.3) is 0 Å². The highest BCUT2D eigenvalue weighted by molar-refractivity contribution is 7.89. The van der Waals surface area contributed by atoms with Gasteiger partial charge < -0.3 is 15.0 Å². The second-order valence-corrected chi connectivity index (χ2v) is 11.5. The zero-order valence-electron chi connectivity index (χ0n) is 20.0. The molecule has 1 saturated heterocycles. The van der Waals surface area contributed by atoms with Crippen molar-refractivity contribution in [2.75, 3.05) is 37.0 Å². The maximum atomic E-state index is 13.3. The van der Waals surface area contributed by atoms with Gasteiger partial charge in [-0.1, -0.05) is 19.1 Å². The number of piperidine rings is 1. The maximum Gasteiger partial charge on any atom is 0.244 e. The molecule has 0 saturated carbocycles. The summed E-state index contributed by atoms with van der Waals surface area (Å²) >= 11 is 0. The molecule has 0 unspecified atom stereocenters. The standard InChI is InChI=1S/C25H31N3O5S/c1-17-8-7-13-27(15-17)34(31,32)18-11-12-21-19(14-18)25(2,3)24(30)28(21)16-23(29)26-20-9-5-6-10-22(20)33-4/h5-6,9-12,14,17H,7-8,13,15-16H2,1-4H3,(H,26,29)/t17-/m1/s1. The molecule has 2 aromatic carbocycles. The smallest absolute Gasteiger partial charge is 0.244 e. The molecule has 2 aromatic rings. The van der Waals surface area contributed by atoms with Crippen LogP contribution in [-0.2, 0) is 25.0 Å². The van der Waals surface area contributed by atoms with Crippen LogP contribution in [0.5, 0.6) is 5.75 Å². The predicted molar refractivity (Wildman–Crippen MR) is 131 cm³/mol. The van der Waals surface area contributed by atoms with Crippen LogP contribution >= 0.6 is 0 Å². The van der Waals surface area contributed by atoms with Crippen LogP contribution in [0, 0.1) is 5.92 Å². The summed E-state index contributed by atoms with van der Waals surface area (Å²) in [6.07, 6.45) is 1.86. The van der Waals surface area contributed by atoms with Crippen LogP contribution in [0.4, 0.5) is 11.4 Å². The first kappa shape index (κ1) is 24.2. The van der Waals surface area contributed by atoms with E-state index in [0.29, 0.717) is 41.7 Å². The number of fused-ring (bicyclic) bond motifs is 1. The van der Waals surface area contributed by atoms with Crippen LogP contribution in [0.2, 0.25) is 0 Å². The second kappa shape index (κ2) is 9.03. The minimum absolute atomic E-state index is 0.182. The molecule has 9 heteroatoms. The Bertz CT molecular complexity index is 1220. The van der Waals surface area contributed by atoms with Gasteiger partial charge in [-0.05, 0) is 68.5 Å². The fraction of sp³-hybridized carbons (Fsp3) is 0.440. The normalized spacial score (nSPS) is 20.2. The number of rotatable bonds is 6. The SMILES string of the molecule is COc1ccccc1NC(=O)CN1C(=O)C(C)(C)c2cc(S(=O)(=O)N3CCC[C@@H](C)C3)ccc21. The first-order valence-electron chi connectivity index (χ1n) is 11.4. The summed E-state index contributed by atoms with van der Waals surface area (Å²) in [5.74, 6) is 0.207. The van der Waals surface area contributed by atoms with E-state index in [1.165, 1.54) is 22.4 Å². The largest absolute Gasteiger partial charge is 0.495 e. The van der Waals surface area contributed by atoms with Gasteiger partial charge >= 0.3 is 0 Å². The van der Waals surface area contributed by atoms with Crippen LogP contribution < -0.4 is 15.0 Å². The van der Waals surface area contributed by atoms with E-state index >= 15 is 0 Å². The number of amides is 2. The molecule has 1 atom stereocenters. The Morgan fingerprint density at radius 3 is 2.65 bits per heavy atom. The van der Waals surface area contributed by atoms with Crippen molar-refractivity contribution in [3.05, 3.63) is 48.0 Å². The van der Waals surface area contributed by atoms with E-state index in [-0.39, 0.29) is 23.3 Å². The number of ether oxygens (including phenoxy) is 1. The Morgan fingerprint density at radius 2 is 1.94 bits per heavy atom. The van der Waals surface area contributed by atoms with Crippen LogP contribution in [0.3, 0.4) is 0 Å². The van der Waals surface area contributed by atoms with E-state index in [4.69, 9.17) is 4.74 Å². The van der Waals surface area contributed by atoms with Gasteiger partial charge in [-0.3, -0.25) is 9.59 Å². The molecule has 2 aliphatic heterocycles. The fourth-order valence-electron chi connectivity index (χ4n) is 4.73. The number of benzene rings is 2. The number of anilines is 2. The molecule has 34 heavy (non-hydrogen) atoms. The average molecular weight is 486 g/mol. The lowest BCUT2D eigenvalue weighted by atomic mass is 9.86. The van der Waals surface area contributed by atoms with Crippen LogP contribution in [0.1, 0.15) is 39.2 Å². The maximum absolute atomic E-state index is 13.3. The minimum Gasteiger partial charge on any atom is -0.495 e. The van der Waals surface area contributed by atoms with Crippen molar-refractivity contribution in [1.29, 1.82) is 0 Å². The van der Waals surface area contributed by atoms with Gasteiger partial charge in [0, 0.05) is 18.8 Å². The lowest BCUT2D eigenvalue weighted by Gasteiger charge is -2.30. The Morgan fingerprint density at radius 1 is 1.21 bits per heavy atom. The predicted octanol–water partition coefficient (Wildman–Crippen LogP) is 3.38. The van der Waals surface area contributed by atoms with Gasteiger partial charge in [0.05, 0.1) is 23.1 Å². The summed E-state index contributed by atoms with van der Waals surface area (Å²) in [7, 11) is -2.14. The Balaban J connectivity index is 1.60. The van der Waals surface area contributed by atoms with Crippen molar-refractivity contribution in [2.45, 2.75) is 43.9 Å². The van der Waals surface area contributed by atoms with E-state index in [0.717, 1.165) is 12.8 Å². The van der Waals surface area contributed by atoms with E-state index in [1.54, 1.807) is 50.2 Å². The summed E-state index contributed by atoms with van der Waals surface area (Å²) in [5.41, 5.74) is 0.712. The quantitative estimate of drug-likeness (QED) is 0.677. The number of hydrogen-bond acceptors (Lipinski definition) is 5. The summed E-state index contributed by atoms with van der Waals surface area (Å²) in [6.45, 7) is 6.37. The van der Waals surface area contributed by atoms with Crippen LogP contribution in [0.15, 0.2) is 47.4 Å². The van der Waals surface area contributed by atoms with E-state index in [1.807, 2.05) is 0 Å². The number of carbonyl (C=O) groups is 2. The topological polar surface area (TPSA) is 96.0 Å². The highest BCUT2D eigenvalue weighted by Gasteiger charge is 2.45. The van der Waals surface area contributed by atoms with Gasteiger partial charge in [0.2, 0.25) is 21.8 Å². The third kappa shape index (κ3) is 4.30. The number of methoxy groups -OCH3 is 1. The van der Waals surface area contributed by atoms with E-state index < -0.39 is 15.4 Å². The number of hydrogen-bond donors (Lipinski definition) is 1. The molecule has 4 rings (SSSR count). The molecule has 2 aliphatic rings. The molecule has 0 bridgehead atoms. The fourth-order valence-corrected chi connectivity index (χ4v) is 6.35. The second-order valence-electron chi connectivity index (χ2n) is 9.55. The average Bonchev–Trinajstić information content (AvgIpc) is 2.99. The van der Waals surface area contributed by atoms with Gasteiger partial charge in [0.1, 0.15) is 12.3 Å². The number of carbonyl (C=O) groups excluding carboxylic acids is 2. The summed E-state index contributed by atoms with van der Waals surface area (Å²) < 4.78 is 33.4. The highest BCUT2D eigenvalue weighted by Crippen LogP contribution is 2.43. The molecule has 0 spiro atoms. The van der Waals surface area contributed by atoms with Crippen LogP contribution in [-0.4, -0.2) is 51.3 Å². The molecule has 2 amide bonds. The number of nitrogens with one attached hydrogen (secondary N) is 1. The van der Waals surface area contributed by atoms with Crippen LogP contribution in [0.25, 0.3) is 0 Å². The van der Waals surface area contributed by atoms with Crippen molar-refractivity contribution in [3.63, 3.8) is 0 Å². The zero-order valence-corrected chi connectivity index (χ0v) is 20.8. The molecule has 1 fully saturated rings. The Hall–Kier alpha value is -2.91. The summed E-state index contributed by atoms with van der Waals surface area (Å²) in [4.78, 5) is 27.7. The molecular formula is C25H31N3O5S. The minimum atomic E-state index is -3.66. The molecule has 182 valence electrons. The van der Waals surface area contributed by atoms with Gasteiger partial charge in [0.15, 0.2) is 0 Å². The Labute approximate surface area is 200 Å². The Kier molecular flexibility index (Phi) is 6.44. The van der Waals surface area contributed by atoms with Crippen molar-refractivity contribution < 1.29 is 22.7 Å². The van der Waals surface area contributed by atoms with Crippen molar-refractivity contribution in [1.82, 2.24) is 4.31 Å². The molecule has 0 aliphatic carbocycles. The first-order valence-corrected chi connectivity index (χ1v) is 12.9. The lowest BCUT2D eigenvalue weighted by molar-refractivity contribution is -0.124. The molecule has 2 heterocycles. The molecule has 8 nitrogen and oxygen atoms in total. The monoisotopic (exact) mass is 485 g/mol. The third-order valence-electron chi connectivity index (χ3n) is 6.65. The number of nitrogens with zero attached hydrogens (tertiary/aromatic N) is 2. The lowest BCUT2D eigenvalue weighted by Crippen LogP contribution is -2.40. The van der Waals surface area contributed by atoms with Gasteiger partial charge in [-0.2, -0.15) is 4.31 Å². The molecule has 0 aromatic heterocycles. The first-order chi connectivity index (χ1) is 16.1. The number of para-hydroxylation sites is 2. The molecule has 1 N–H and O–H groups in total. The van der Waals surface area contributed by atoms with E-state index in [9.17, 15) is 18.0 Å². The number of sulfonamides is 1. The van der Waals surface area contributed by atoms with Crippen molar-refractivity contribution >= 4 is 33.2 Å². The zero-order chi connectivity index (χ0) is 24.7. The van der Waals surface area contributed by atoms with Gasteiger partial charge in [-0.15, -0.1) is 0 Å². The van der Waals surface area contributed by atoms with Crippen molar-refractivity contribution in [3.8, 4) is 5.75 Å². The van der Waals surface area contributed by atoms with Gasteiger partial charge in [-0.25, -0.2) is 8.42 Å². The molecular weight excluding hydrogens is 454 g/mol. The molecule has 0 radical (unpaired) electrons. The summed E-state index contributed by atoms with van der Waals surface area (Å²) in [5, 5.41) is 2.79. The van der Waals surface area contributed by atoms with E-state index in [2.05, 4.69) is 12.2 Å².